The molecule has 0 aromatic heterocycles. The van der Waals surface area contributed by atoms with Gasteiger partial charge in [-0.2, -0.15) is 4.39 Å². The zero-order valence-corrected chi connectivity index (χ0v) is 10.6. The van der Waals surface area contributed by atoms with Crippen molar-refractivity contribution < 1.29 is 19.0 Å². The first-order valence-corrected chi connectivity index (χ1v) is 5.69. The van der Waals surface area contributed by atoms with Gasteiger partial charge in [0.05, 0.1) is 3.57 Å². The maximum Gasteiger partial charge on any atom is 0.338 e. The van der Waals surface area contributed by atoms with Gasteiger partial charge in [0, 0.05) is 10.6 Å². The average molecular weight is 355 g/mol. The van der Waals surface area contributed by atoms with Gasteiger partial charge in [-0.05, 0) is 40.8 Å². The summed E-state index contributed by atoms with van der Waals surface area (Å²) < 4.78 is 18.9. The minimum absolute atomic E-state index is 0.322. The summed E-state index contributed by atoms with van der Waals surface area (Å²) in [5.74, 6) is -1.02. The minimum Gasteiger partial charge on any atom is -0.478 e. The Morgan fingerprint density at radius 2 is 2.25 bits per heavy atom. The van der Waals surface area contributed by atoms with Crippen LogP contribution in [0.3, 0.4) is 0 Å². The van der Waals surface area contributed by atoms with Crippen LogP contribution in [0.5, 0.6) is 5.75 Å². The molecule has 84 valence electrons. The molecule has 1 N–H and O–H groups in total. The lowest BCUT2D eigenvalue weighted by Crippen LogP contribution is -2.23. The highest BCUT2D eigenvalue weighted by Crippen LogP contribution is 2.36. The third kappa shape index (κ3) is 2.01. The van der Waals surface area contributed by atoms with E-state index in [1.165, 1.54) is 12.1 Å². The molecule has 1 aliphatic heterocycles. The zero-order valence-electron chi connectivity index (χ0n) is 7.71. The van der Waals surface area contributed by atoms with E-state index in [-0.39, 0.29) is 0 Å². The molecule has 2 rings (SSSR count). The lowest BCUT2D eigenvalue weighted by atomic mass is 10.1. The van der Waals surface area contributed by atoms with Gasteiger partial charge in [0.25, 0.3) is 6.36 Å². The summed E-state index contributed by atoms with van der Waals surface area (Å²) in [4.78, 5) is 10.7. The molecule has 1 heterocycles. The second kappa shape index (κ2) is 4.21. The molecule has 0 spiro atoms. The number of hydrogen-bond donors (Lipinski definition) is 1. The van der Waals surface area contributed by atoms with E-state index in [9.17, 15) is 9.18 Å². The fourth-order valence-electron chi connectivity index (χ4n) is 1.37. The Morgan fingerprint density at radius 1 is 1.56 bits per heavy atom. The number of carboxylic acids is 1. The molecule has 3 nitrogen and oxygen atoms in total. The minimum atomic E-state index is -1.94. The second-order valence-electron chi connectivity index (χ2n) is 3.14. The van der Waals surface area contributed by atoms with Crippen molar-refractivity contribution in [2.24, 2.45) is 0 Å². The quantitative estimate of drug-likeness (QED) is 0.788. The van der Waals surface area contributed by atoms with Crippen molar-refractivity contribution >= 4 is 46.2 Å². The molecule has 0 aliphatic carbocycles. The van der Waals surface area contributed by atoms with Gasteiger partial charge in [-0.3, -0.25) is 0 Å². The van der Waals surface area contributed by atoms with E-state index >= 15 is 0 Å². The summed E-state index contributed by atoms with van der Waals surface area (Å²) in [5.41, 5.74) is 0.0498. The fourth-order valence-corrected chi connectivity index (χ4v) is 2.56. The molecule has 0 saturated carbocycles. The maximum atomic E-state index is 13.4. The molecular weight excluding hydrogens is 349 g/mol. The molecule has 0 fully saturated rings. The molecule has 1 aromatic carbocycles. The van der Waals surface area contributed by atoms with Crippen molar-refractivity contribution in [3.05, 3.63) is 31.9 Å². The molecule has 0 saturated heterocycles. The van der Waals surface area contributed by atoms with Crippen LogP contribution in [0, 0.1) is 3.57 Å². The van der Waals surface area contributed by atoms with Crippen LogP contribution in [0.25, 0.3) is 6.08 Å². The molecule has 1 atom stereocenters. The topological polar surface area (TPSA) is 46.5 Å². The van der Waals surface area contributed by atoms with E-state index in [1.807, 2.05) is 22.6 Å². The fraction of sp³-hybridized carbons (Fsp3) is 0.100. The second-order valence-corrected chi connectivity index (χ2v) is 4.74. The Kier molecular flexibility index (Phi) is 3.07. The molecule has 6 heteroatoms. The van der Waals surface area contributed by atoms with Crippen molar-refractivity contribution in [1.29, 1.82) is 0 Å². The van der Waals surface area contributed by atoms with E-state index in [2.05, 4.69) is 0 Å². The molecule has 1 unspecified atom stereocenters. The van der Waals surface area contributed by atoms with Gasteiger partial charge in [-0.15, -0.1) is 0 Å². The molecule has 0 amide bonds. The summed E-state index contributed by atoms with van der Waals surface area (Å²) in [6.07, 6.45) is -0.709. The first-order valence-electron chi connectivity index (χ1n) is 4.23. The van der Waals surface area contributed by atoms with Crippen LogP contribution < -0.4 is 4.74 Å². The molecular formula is C10H5ClFIO3. The lowest BCUT2D eigenvalue weighted by molar-refractivity contribution is -0.134. The SMILES string of the molecule is O=C(O)C1=Cc2cc(Cl)cc(I)c2OC1F. The summed E-state index contributed by atoms with van der Waals surface area (Å²) in [6, 6.07) is 3.15. The third-order valence-corrected chi connectivity index (χ3v) is 3.08. The van der Waals surface area contributed by atoms with Crippen LogP contribution in [0.2, 0.25) is 5.02 Å². The number of fused-ring (bicyclic) bond motifs is 1. The number of aliphatic carboxylic acids is 1. The summed E-state index contributed by atoms with van der Waals surface area (Å²) >= 11 is 7.77. The van der Waals surface area contributed by atoms with Gasteiger partial charge in [-0.25, -0.2) is 4.79 Å². The van der Waals surface area contributed by atoms with Crippen molar-refractivity contribution in [1.82, 2.24) is 0 Å². The van der Waals surface area contributed by atoms with Crippen molar-refractivity contribution in [3.63, 3.8) is 0 Å². The summed E-state index contributed by atoms with van der Waals surface area (Å²) in [6.45, 7) is 0. The number of rotatable bonds is 1. The molecule has 1 aliphatic rings. The first-order chi connectivity index (χ1) is 7.49. The van der Waals surface area contributed by atoms with Crippen LogP contribution >= 0.6 is 34.2 Å². The van der Waals surface area contributed by atoms with Crippen molar-refractivity contribution in [3.8, 4) is 5.75 Å². The number of ether oxygens (including phenoxy) is 1. The average Bonchev–Trinajstić information content (AvgIpc) is 2.18. The lowest BCUT2D eigenvalue weighted by Gasteiger charge is -2.20. The maximum absolute atomic E-state index is 13.4. The Morgan fingerprint density at radius 3 is 2.88 bits per heavy atom. The van der Waals surface area contributed by atoms with Crippen LogP contribution in [0.15, 0.2) is 17.7 Å². The van der Waals surface area contributed by atoms with E-state index < -0.39 is 17.9 Å². The number of benzene rings is 1. The normalized spacial score (nSPS) is 18.4. The van der Waals surface area contributed by atoms with Gasteiger partial charge >= 0.3 is 5.97 Å². The Bertz CT molecular complexity index is 501. The summed E-state index contributed by atoms with van der Waals surface area (Å²) in [7, 11) is 0. The van der Waals surface area contributed by atoms with Gasteiger partial charge in [-0.1, -0.05) is 11.6 Å². The van der Waals surface area contributed by atoms with Crippen LogP contribution in [0.4, 0.5) is 4.39 Å². The number of carboxylic acid groups (broad SMARTS) is 1. The van der Waals surface area contributed by atoms with Gasteiger partial charge in [0.1, 0.15) is 11.3 Å². The number of hydrogen-bond acceptors (Lipinski definition) is 2. The number of alkyl halides is 1. The Hall–Kier alpha value is -0.820. The predicted octanol–water partition coefficient (Wildman–Crippen LogP) is 3.10. The van der Waals surface area contributed by atoms with Crippen LogP contribution in [-0.2, 0) is 4.79 Å². The monoisotopic (exact) mass is 354 g/mol. The van der Waals surface area contributed by atoms with Gasteiger partial charge in [0.15, 0.2) is 0 Å². The van der Waals surface area contributed by atoms with E-state index in [4.69, 9.17) is 21.4 Å². The van der Waals surface area contributed by atoms with Crippen molar-refractivity contribution in [2.45, 2.75) is 6.36 Å². The number of halogens is 3. The highest BCUT2D eigenvalue weighted by Gasteiger charge is 2.28. The molecule has 0 bridgehead atoms. The number of carbonyl (C=O) groups is 1. The molecule has 0 radical (unpaired) electrons. The Labute approximate surface area is 109 Å². The highest BCUT2D eigenvalue weighted by molar-refractivity contribution is 14.1. The van der Waals surface area contributed by atoms with Crippen LogP contribution in [-0.4, -0.2) is 17.4 Å². The Balaban J connectivity index is 2.59. The van der Waals surface area contributed by atoms with Gasteiger partial charge < -0.3 is 9.84 Å². The molecule has 16 heavy (non-hydrogen) atoms. The van der Waals surface area contributed by atoms with E-state index in [1.54, 1.807) is 6.07 Å². The first kappa shape index (κ1) is 11.7. The van der Waals surface area contributed by atoms with Crippen molar-refractivity contribution in [2.75, 3.05) is 0 Å². The highest BCUT2D eigenvalue weighted by atomic mass is 127. The molecule has 1 aromatic rings. The van der Waals surface area contributed by atoms with E-state index in [0.717, 1.165) is 0 Å². The third-order valence-electron chi connectivity index (χ3n) is 2.06. The zero-order chi connectivity index (χ0) is 11.9. The van der Waals surface area contributed by atoms with Crippen LogP contribution in [0.1, 0.15) is 5.56 Å². The van der Waals surface area contributed by atoms with Gasteiger partial charge in [0.2, 0.25) is 0 Å². The predicted molar refractivity (Wildman–Crippen MR) is 65.3 cm³/mol. The van der Waals surface area contributed by atoms with E-state index in [0.29, 0.717) is 19.9 Å². The standard InChI is InChI=1S/C10H5ClFIO3/c11-5-1-4-2-6(10(14)15)9(12)16-8(4)7(13)3-5/h1-3,9H,(H,14,15). The largest absolute Gasteiger partial charge is 0.478 e. The summed E-state index contributed by atoms with van der Waals surface area (Å²) in [5, 5.41) is 9.20. The smallest absolute Gasteiger partial charge is 0.338 e.